The van der Waals surface area contributed by atoms with Crippen LogP contribution in [0.1, 0.15) is 0 Å². The zero-order chi connectivity index (χ0) is 14.4. The smallest absolute Gasteiger partial charge is 0.309 e. The van der Waals surface area contributed by atoms with Crippen LogP contribution in [0, 0.1) is 0 Å². The number of hydrogen-bond acceptors (Lipinski definition) is 10. The fourth-order valence-corrected chi connectivity index (χ4v) is 0.427. The van der Waals surface area contributed by atoms with Gasteiger partial charge in [-0.3, -0.25) is 0 Å². The van der Waals surface area contributed by atoms with Crippen LogP contribution in [0.4, 0.5) is 22.6 Å². The molecule has 0 fully saturated rings. The molecule has 17 heavy (non-hydrogen) atoms. The first-order valence-electron chi connectivity index (χ1n) is 3.54. The molecular weight excluding hydrogens is 234 g/mol. The third-order valence-electron chi connectivity index (χ3n) is 0.687. The van der Waals surface area contributed by atoms with Crippen molar-refractivity contribution in [1.29, 1.82) is 0 Å². The second-order valence-electron chi connectivity index (χ2n) is 1.81. The number of carbonyl (C=O) groups is 2. The van der Waals surface area contributed by atoms with Crippen molar-refractivity contribution in [3.8, 4) is 0 Å². The van der Waals surface area contributed by atoms with Gasteiger partial charge in [0.25, 0.3) is 0 Å². The summed E-state index contributed by atoms with van der Waals surface area (Å²) in [6.45, 7) is 2.00. The molecular formula is C5H15N9O3. The quantitative estimate of drug-likeness (QED) is 0.226. The highest BCUT2D eigenvalue weighted by Gasteiger charge is 1.93. The van der Waals surface area contributed by atoms with Crippen LogP contribution < -0.4 is 34.6 Å². The summed E-state index contributed by atoms with van der Waals surface area (Å²) in [6.07, 6.45) is 0. The molecule has 0 saturated heterocycles. The number of amides is 2. The minimum Gasteiger partial charge on any atom is -0.368 e. The number of nitrogens with zero attached hydrogens (tertiary/aromatic N) is 3. The molecule has 0 aliphatic rings. The van der Waals surface area contributed by atoms with Crippen LogP contribution in [0.5, 0.6) is 0 Å². The van der Waals surface area contributed by atoms with Crippen LogP contribution >= 0.6 is 0 Å². The van der Waals surface area contributed by atoms with Crippen LogP contribution in [0.2, 0.25) is 0 Å². The van der Waals surface area contributed by atoms with Gasteiger partial charge in [0.05, 0.1) is 0 Å². The van der Waals surface area contributed by atoms with Gasteiger partial charge < -0.3 is 38.7 Å². The van der Waals surface area contributed by atoms with Crippen LogP contribution in [-0.2, 0) is 4.79 Å². The Bertz CT molecular complexity index is 265. The van der Waals surface area contributed by atoms with Gasteiger partial charge >= 0.3 is 6.03 Å². The third-order valence-corrected chi connectivity index (χ3v) is 0.687. The molecule has 0 aromatic carbocycles. The van der Waals surface area contributed by atoms with E-state index < -0.39 is 6.03 Å². The minimum absolute atomic E-state index is 0.0417. The molecule has 2 amide bonds. The van der Waals surface area contributed by atoms with E-state index in [-0.39, 0.29) is 17.8 Å². The Morgan fingerprint density at radius 1 is 0.882 bits per heavy atom. The molecule has 1 heterocycles. The summed E-state index contributed by atoms with van der Waals surface area (Å²) in [5.41, 5.74) is 23.9. The van der Waals surface area contributed by atoms with Crippen molar-refractivity contribution >= 4 is 30.7 Å². The SMILES string of the molecule is C=O.NC(N)=O.NO.Nc1nc(N)nc(N)n1. The molecule has 12 nitrogen and oxygen atoms in total. The normalized spacial score (nSPS) is 6.94. The molecule has 0 saturated carbocycles. The topological polar surface area (TPSA) is 249 Å². The Morgan fingerprint density at radius 3 is 1.12 bits per heavy atom. The highest BCUT2D eigenvalue weighted by Crippen LogP contribution is 1.97. The maximum atomic E-state index is 9.00. The van der Waals surface area contributed by atoms with Crippen molar-refractivity contribution in [2.75, 3.05) is 17.2 Å². The predicted molar refractivity (Wildman–Crippen MR) is 59.9 cm³/mol. The summed E-state index contributed by atoms with van der Waals surface area (Å²) in [6, 6.07) is -0.833. The van der Waals surface area contributed by atoms with Gasteiger partial charge in [-0.2, -0.15) is 15.0 Å². The van der Waals surface area contributed by atoms with Crippen molar-refractivity contribution < 1.29 is 14.8 Å². The molecule has 0 bridgehead atoms. The second kappa shape index (κ2) is 13.3. The summed E-state index contributed by atoms with van der Waals surface area (Å²) < 4.78 is 0. The number of carbonyl (C=O) groups excluding carboxylic acids is 2. The van der Waals surface area contributed by atoms with E-state index in [1.807, 2.05) is 6.79 Å². The molecule has 0 radical (unpaired) electrons. The van der Waals surface area contributed by atoms with Crippen LogP contribution in [-0.4, -0.2) is 33.0 Å². The summed E-state index contributed by atoms with van der Waals surface area (Å²) >= 11 is 0. The Morgan fingerprint density at radius 2 is 1.00 bits per heavy atom. The van der Waals surface area contributed by atoms with E-state index in [0.717, 1.165) is 0 Å². The molecule has 1 aromatic rings. The van der Waals surface area contributed by atoms with E-state index in [9.17, 15) is 0 Å². The lowest BCUT2D eigenvalue weighted by Gasteiger charge is -1.93. The number of nitrogens with two attached hydrogens (primary N) is 6. The van der Waals surface area contributed by atoms with Crippen LogP contribution in [0.3, 0.4) is 0 Å². The van der Waals surface area contributed by atoms with Gasteiger partial charge in [0.1, 0.15) is 6.79 Å². The number of aromatic nitrogens is 3. The number of anilines is 3. The Balaban J connectivity index is -0.000000208. The molecule has 0 aliphatic carbocycles. The molecule has 1 aromatic heterocycles. The van der Waals surface area contributed by atoms with E-state index in [1.165, 1.54) is 0 Å². The first-order chi connectivity index (χ1) is 7.91. The maximum absolute atomic E-state index is 9.00. The highest BCUT2D eigenvalue weighted by atomic mass is 16.4. The minimum atomic E-state index is -0.833. The van der Waals surface area contributed by atoms with Crippen molar-refractivity contribution in [3.05, 3.63) is 0 Å². The summed E-state index contributed by atoms with van der Waals surface area (Å²) in [4.78, 5) is 27.5. The Kier molecular flexibility index (Phi) is 15.4. The lowest BCUT2D eigenvalue weighted by atomic mass is 10.9. The largest absolute Gasteiger partial charge is 0.368 e. The zero-order valence-electron chi connectivity index (χ0n) is 8.78. The van der Waals surface area contributed by atoms with Gasteiger partial charge in [-0.15, -0.1) is 0 Å². The van der Waals surface area contributed by atoms with Gasteiger partial charge in [-0.1, -0.05) is 0 Å². The monoisotopic (exact) mass is 249 g/mol. The average molecular weight is 249 g/mol. The summed E-state index contributed by atoms with van der Waals surface area (Å²) in [5, 5.41) is 6.50. The molecule has 13 N–H and O–H groups in total. The van der Waals surface area contributed by atoms with Gasteiger partial charge in [-0.05, 0) is 0 Å². The lowest BCUT2D eigenvalue weighted by Crippen LogP contribution is -2.18. The van der Waals surface area contributed by atoms with Crippen LogP contribution in [0.25, 0.3) is 0 Å². The Labute approximate surface area is 95.9 Å². The number of rotatable bonds is 0. The molecule has 1 rings (SSSR count). The highest BCUT2D eigenvalue weighted by molar-refractivity contribution is 5.69. The zero-order valence-corrected chi connectivity index (χ0v) is 8.78. The average Bonchev–Trinajstić information content (AvgIpc) is 2.20. The number of nitrogen functional groups attached to an aromatic ring is 3. The second-order valence-corrected chi connectivity index (χ2v) is 1.81. The van der Waals surface area contributed by atoms with Gasteiger partial charge in [0, 0.05) is 0 Å². The van der Waals surface area contributed by atoms with E-state index in [2.05, 4.69) is 32.3 Å². The Hall–Kier alpha value is -2.73. The molecule has 98 valence electrons. The molecule has 12 heteroatoms. The summed E-state index contributed by atoms with van der Waals surface area (Å²) in [5.74, 6) is 3.63. The van der Waals surface area contributed by atoms with E-state index in [4.69, 9.17) is 32.0 Å². The van der Waals surface area contributed by atoms with E-state index in [1.54, 1.807) is 0 Å². The molecule has 0 atom stereocenters. The number of primary amides is 2. The lowest BCUT2D eigenvalue weighted by molar-refractivity contribution is -0.0979. The first-order valence-corrected chi connectivity index (χ1v) is 3.54. The molecule has 0 spiro atoms. The predicted octanol–water partition coefficient (Wildman–Crippen LogP) is -3.21. The first kappa shape index (κ1) is 19.8. The van der Waals surface area contributed by atoms with Crippen molar-refractivity contribution in [3.63, 3.8) is 0 Å². The van der Waals surface area contributed by atoms with Gasteiger partial charge in [0.15, 0.2) is 0 Å². The van der Waals surface area contributed by atoms with Crippen molar-refractivity contribution in [2.24, 2.45) is 17.4 Å². The molecule has 0 unspecified atom stereocenters. The standard InChI is InChI=1S/C3H6N6.CH4N2O.CH2O.H3NO/c4-1-7-2(5)9-3(6)8-1;2-1(3)4;2*1-2/h(H6,4,5,6,7,8,9);(H4,2,3,4);1H2;2H,1H2. The van der Waals surface area contributed by atoms with Gasteiger partial charge in [-0.25, -0.2) is 10.7 Å². The van der Waals surface area contributed by atoms with Crippen molar-refractivity contribution in [2.45, 2.75) is 0 Å². The number of hydrogen-bond donors (Lipinski definition) is 7. The van der Waals surface area contributed by atoms with Gasteiger partial charge in [0.2, 0.25) is 17.8 Å². The molecule has 0 aliphatic heterocycles. The van der Waals surface area contributed by atoms with Crippen LogP contribution in [0.15, 0.2) is 0 Å². The van der Waals surface area contributed by atoms with E-state index >= 15 is 0 Å². The number of urea groups is 1. The fraction of sp³-hybridized carbons (Fsp3) is 0. The summed E-state index contributed by atoms with van der Waals surface area (Å²) in [7, 11) is 0. The fourth-order valence-electron chi connectivity index (χ4n) is 0.427. The third kappa shape index (κ3) is 19.6. The maximum Gasteiger partial charge on any atom is 0.309 e. The van der Waals surface area contributed by atoms with E-state index in [0.29, 0.717) is 0 Å². The van der Waals surface area contributed by atoms with Crippen molar-refractivity contribution in [1.82, 2.24) is 15.0 Å².